The van der Waals surface area contributed by atoms with Crippen molar-refractivity contribution < 1.29 is 5.11 Å². The number of hydrogen-bond acceptors (Lipinski definition) is 5. The number of rotatable bonds is 4. The predicted octanol–water partition coefficient (Wildman–Crippen LogP) is 0.169. The molecule has 0 spiro atoms. The summed E-state index contributed by atoms with van der Waals surface area (Å²) in [5.74, 6) is 1.20. The van der Waals surface area contributed by atoms with Crippen molar-refractivity contribution in [2.24, 2.45) is 0 Å². The molecule has 16 heavy (non-hydrogen) atoms. The van der Waals surface area contributed by atoms with Crippen molar-refractivity contribution in [3.63, 3.8) is 0 Å². The first-order valence-electron chi connectivity index (χ1n) is 5.02. The second-order valence-electron chi connectivity index (χ2n) is 3.36. The van der Waals surface area contributed by atoms with Crippen LogP contribution in [0.1, 0.15) is 12.0 Å². The molecular formula is C10H13N5O. The van der Waals surface area contributed by atoms with Crippen LogP contribution in [0.25, 0.3) is 5.82 Å². The highest BCUT2D eigenvalue weighted by molar-refractivity contribution is 5.44. The van der Waals surface area contributed by atoms with Crippen LogP contribution in [0, 0.1) is 0 Å². The predicted molar refractivity (Wildman–Crippen MR) is 59.0 cm³/mol. The number of aliphatic hydroxyl groups is 1. The molecular weight excluding hydrogens is 206 g/mol. The lowest BCUT2D eigenvalue weighted by Crippen LogP contribution is -2.05. The van der Waals surface area contributed by atoms with E-state index in [1.54, 1.807) is 23.1 Å². The summed E-state index contributed by atoms with van der Waals surface area (Å²) in [6.45, 7) is 0.151. The molecule has 0 aromatic carbocycles. The average molecular weight is 219 g/mol. The largest absolute Gasteiger partial charge is 0.396 e. The van der Waals surface area contributed by atoms with Crippen molar-refractivity contribution in [2.45, 2.75) is 12.8 Å². The van der Waals surface area contributed by atoms with E-state index < -0.39 is 0 Å². The van der Waals surface area contributed by atoms with Gasteiger partial charge in [-0.05, 0) is 12.8 Å². The van der Waals surface area contributed by atoms with Crippen LogP contribution in [0.4, 0.5) is 5.82 Å². The Bertz CT molecular complexity index is 453. The molecule has 0 saturated carbocycles. The van der Waals surface area contributed by atoms with Crippen molar-refractivity contribution in [1.82, 2.24) is 19.7 Å². The van der Waals surface area contributed by atoms with Crippen LogP contribution in [0.15, 0.2) is 24.8 Å². The highest BCUT2D eigenvalue weighted by Crippen LogP contribution is 2.16. The molecule has 0 amide bonds. The number of hydrogen-bond donors (Lipinski definition) is 2. The van der Waals surface area contributed by atoms with Gasteiger partial charge < -0.3 is 10.8 Å². The van der Waals surface area contributed by atoms with Crippen LogP contribution in [-0.2, 0) is 6.42 Å². The smallest absolute Gasteiger partial charge is 0.159 e. The fourth-order valence-electron chi connectivity index (χ4n) is 1.45. The quantitative estimate of drug-likeness (QED) is 0.765. The van der Waals surface area contributed by atoms with Crippen molar-refractivity contribution in [2.75, 3.05) is 12.3 Å². The third-order valence-corrected chi connectivity index (χ3v) is 2.27. The van der Waals surface area contributed by atoms with Crippen LogP contribution in [-0.4, -0.2) is 31.5 Å². The van der Waals surface area contributed by atoms with E-state index in [9.17, 15) is 0 Å². The Kier molecular flexibility index (Phi) is 3.11. The van der Waals surface area contributed by atoms with Gasteiger partial charge >= 0.3 is 0 Å². The molecule has 6 nitrogen and oxygen atoms in total. The minimum atomic E-state index is 0.151. The van der Waals surface area contributed by atoms with E-state index in [0.717, 1.165) is 5.56 Å². The number of nitrogens with two attached hydrogens (primary N) is 1. The highest BCUT2D eigenvalue weighted by atomic mass is 16.2. The summed E-state index contributed by atoms with van der Waals surface area (Å²) >= 11 is 0. The number of aliphatic hydroxyl groups excluding tert-OH is 1. The second-order valence-corrected chi connectivity index (χ2v) is 3.36. The Morgan fingerprint density at radius 1 is 1.44 bits per heavy atom. The van der Waals surface area contributed by atoms with Gasteiger partial charge in [0.2, 0.25) is 0 Å². The molecule has 0 fully saturated rings. The summed E-state index contributed by atoms with van der Waals surface area (Å²) in [6, 6.07) is 1.74. The molecule has 0 unspecified atom stereocenters. The number of aromatic nitrogens is 4. The lowest BCUT2D eigenvalue weighted by Gasteiger charge is -2.03. The molecule has 2 aromatic rings. The summed E-state index contributed by atoms with van der Waals surface area (Å²) < 4.78 is 1.56. The van der Waals surface area contributed by atoms with E-state index in [0.29, 0.717) is 24.5 Å². The zero-order valence-electron chi connectivity index (χ0n) is 8.74. The van der Waals surface area contributed by atoms with Crippen molar-refractivity contribution in [3.8, 4) is 5.82 Å². The Labute approximate surface area is 92.8 Å². The Morgan fingerprint density at radius 2 is 2.31 bits per heavy atom. The van der Waals surface area contributed by atoms with Gasteiger partial charge in [0.15, 0.2) is 5.82 Å². The van der Waals surface area contributed by atoms with Crippen molar-refractivity contribution in [3.05, 3.63) is 30.4 Å². The zero-order valence-corrected chi connectivity index (χ0v) is 8.74. The maximum Gasteiger partial charge on any atom is 0.159 e. The third-order valence-electron chi connectivity index (χ3n) is 2.27. The number of nitrogen functional groups attached to an aromatic ring is 1. The monoisotopic (exact) mass is 219 g/mol. The van der Waals surface area contributed by atoms with E-state index in [4.69, 9.17) is 10.8 Å². The molecule has 0 aliphatic carbocycles. The van der Waals surface area contributed by atoms with E-state index >= 15 is 0 Å². The van der Waals surface area contributed by atoms with Gasteiger partial charge in [-0.1, -0.05) is 0 Å². The first-order chi connectivity index (χ1) is 7.83. The Morgan fingerprint density at radius 3 is 3.00 bits per heavy atom. The van der Waals surface area contributed by atoms with E-state index in [1.807, 2.05) is 0 Å². The molecule has 2 rings (SSSR count). The third kappa shape index (κ3) is 2.01. The molecule has 2 aromatic heterocycles. The lowest BCUT2D eigenvalue weighted by atomic mass is 10.2. The Balaban J connectivity index is 2.27. The first-order valence-corrected chi connectivity index (χ1v) is 5.02. The fraction of sp³-hybridized carbons (Fsp3) is 0.300. The minimum absolute atomic E-state index is 0.151. The maximum atomic E-state index is 8.75. The molecule has 0 aliphatic rings. The Hall–Kier alpha value is -1.95. The van der Waals surface area contributed by atoms with Gasteiger partial charge in [-0.3, -0.25) is 0 Å². The molecule has 0 aliphatic heterocycles. The van der Waals surface area contributed by atoms with Crippen LogP contribution < -0.4 is 5.73 Å². The van der Waals surface area contributed by atoms with Gasteiger partial charge in [0.25, 0.3) is 0 Å². The van der Waals surface area contributed by atoms with Gasteiger partial charge in [-0.15, -0.1) is 0 Å². The summed E-state index contributed by atoms with van der Waals surface area (Å²) in [5, 5.41) is 12.9. The molecule has 0 atom stereocenters. The van der Waals surface area contributed by atoms with Gasteiger partial charge in [0.05, 0.1) is 6.20 Å². The molecule has 2 heterocycles. The van der Waals surface area contributed by atoms with Gasteiger partial charge in [0.1, 0.15) is 12.1 Å². The van der Waals surface area contributed by atoms with E-state index in [2.05, 4.69) is 15.1 Å². The standard InChI is InChI=1S/C10H13N5O/c11-10-8(2-1-5-16)6-14-15(10)9-3-4-12-7-13-9/h3-4,6-7,16H,1-2,5,11H2. The lowest BCUT2D eigenvalue weighted by molar-refractivity contribution is 0.288. The first kappa shape index (κ1) is 10.6. The summed E-state index contributed by atoms with van der Waals surface area (Å²) in [6.07, 6.45) is 6.18. The van der Waals surface area contributed by atoms with Gasteiger partial charge in [-0.25, -0.2) is 9.97 Å². The number of anilines is 1. The highest BCUT2D eigenvalue weighted by Gasteiger charge is 2.08. The molecule has 0 saturated heterocycles. The van der Waals surface area contributed by atoms with Crippen LogP contribution in [0.5, 0.6) is 0 Å². The van der Waals surface area contributed by atoms with Gasteiger partial charge in [0, 0.05) is 24.4 Å². The minimum Gasteiger partial charge on any atom is -0.396 e. The fourth-order valence-corrected chi connectivity index (χ4v) is 1.45. The molecule has 6 heteroatoms. The molecule has 3 N–H and O–H groups in total. The summed E-state index contributed by atoms with van der Waals surface area (Å²) in [5.41, 5.74) is 6.86. The zero-order chi connectivity index (χ0) is 11.4. The number of aryl methyl sites for hydroxylation is 1. The van der Waals surface area contributed by atoms with Crippen LogP contribution in [0.2, 0.25) is 0 Å². The van der Waals surface area contributed by atoms with E-state index in [-0.39, 0.29) is 6.61 Å². The normalized spacial score (nSPS) is 10.6. The van der Waals surface area contributed by atoms with Crippen LogP contribution in [0.3, 0.4) is 0 Å². The summed E-state index contributed by atoms with van der Waals surface area (Å²) in [7, 11) is 0. The van der Waals surface area contributed by atoms with Gasteiger partial charge in [-0.2, -0.15) is 9.78 Å². The summed E-state index contributed by atoms with van der Waals surface area (Å²) in [4.78, 5) is 7.89. The van der Waals surface area contributed by atoms with Crippen molar-refractivity contribution in [1.29, 1.82) is 0 Å². The van der Waals surface area contributed by atoms with Crippen molar-refractivity contribution >= 4 is 5.82 Å². The SMILES string of the molecule is Nc1c(CCCO)cnn1-c1ccncn1. The maximum absolute atomic E-state index is 8.75. The van der Waals surface area contributed by atoms with Crippen LogP contribution >= 0.6 is 0 Å². The second kappa shape index (κ2) is 4.71. The molecule has 0 bridgehead atoms. The topological polar surface area (TPSA) is 89.8 Å². The number of nitrogens with zero attached hydrogens (tertiary/aromatic N) is 4. The van der Waals surface area contributed by atoms with E-state index in [1.165, 1.54) is 6.33 Å². The molecule has 0 radical (unpaired) electrons. The molecule has 84 valence electrons. The average Bonchev–Trinajstić information content (AvgIpc) is 2.69.